The van der Waals surface area contributed by atoms with Crippen molar-refractivity contribution in [2.24, 2.45) is 5.41 Å². The summed E-state index contributed by atoms with van der Waals surface area (Å²) in [7, 11) is 0. The summed E-state index contributed by atoms with van der Waals surface area (Å²) in [5, 5.41) is 2.70. The van der Waals surface area contributed by atoms with E-state index in [0.29, 0.717) is 0 Å². The molecule has 0 N–H and O–H groups in total. The number of fused-ring (bicyclic) bond motifs is 2. The minimum absolute atomic E-state index is 0.258. The molecular formula is C28H31N2S2+. The van der Waals surface area contributed by atoms with Crippen molar-refractivity contribution in [1.82, 2.24) is 0 Å². The summed E-state index contributed by atoms with van der Waals surface area (Å²) in [6.07, 6.45) is 9.54. The van der Waals surface area contributed by atoms with Crippen LogP contribution in [0.3, 0.4) is 0 Å². The maximum Gasteiger partial charge on any atom is 0.263 e. The van der Waals surface area contributed by atoms with Gasteiger partial charge in [-0.05, 0) is 67.5 Å². The van der Waals surface area contributed by atoms with Gasteiger partial charge in [-0.2, -0.15) is 4.57 Å². The zero-order chi connectivity index (χ0) is 22.3. The molecule has 5 rings (SSSR count). The van der Waals surface area contributed by atoms with Gasteiger partial charge in [-0.15, -0.1) is 0 Å². The van der Waals surface area contributed by atoms with Crippen LogP contribution in [-0.4, -0.2) is 6.54 Å². The first kappa shape index (κ1) is 21.5. The predicted octanol–water partition coefficient (Wildman–Crippen LogP) is 7.81. The average Bonchev–Trinajstić information content (AvgIpc) is 3.28. The van der Waals surface area contributed by atoms with Gasteiger partial charge >= 0.3 is 0 Å². The van der Waals surface area contributed by atoms with Crippen molar-refractivity contribution in [3.05, 3.63) is 81.9 Å². The van der Waals surface area contributed by atoms with E-state index in [-0.39, 0.29) is 5.41 Å². The van der Waals surface area contributed by atoms with Crippen molar-refractivity contribution in [3.8, 4) is 0 Å². The fourth-order valence-corrected chi connectivity index (χ4v) is 7.39. The topological polar surface area (TPSA) is 7.12 Å². The number of aryl methyl sites for hydroxylation is 1. The number of rotatable bonds is 4. The summed E-state index contributed by atoms with van der Waals surface area (Å²) in [6, 6.07) is 17.5. The van der Waals surface area contributed by atoms with E-state index in [1.807, 2.05) is 23.1 Å². The molecule has 164 valence electrons. The first-order valence-corrected chi connectivity index (χ1v) is 13.2. The molecule has 4 heteroatoms. The molecule has 0 bridgehead atoms. The fourth-order valence-electron chi connectivity index (χ4n) is 4.98. The Kier molecular flexibility index (Phi) is 5.77. The Hall–Kier alpha value is -2.30. The molecule has 0 fully saturated rings. The van der Waals surface area contributed by atoms with Gasteiger partial charge in [-0.25, -0.2) is 0 Å². The summed E-state index contributed by atoms with van der Waals surface area (Å²) < 4.78 is 3.81. The standard InChI is InChI=1S/C28H31N2S2/c1-5-29-22-11-7-9-13-24(22)31-26(29)16-20-15-21(19-28(3,4)18-20)17-27-30(6-2)23-12-8-10-14-25(23)32-27/h7-17H,5-6,18-19H2,1-4H3/q+1. The number of nitrogens with zero attached hydrogens (tertiary/aromatic N) is 2. The number of aromatic nitrogens is 1. The highest BCUT2D eigenvalue weighted by atomic mass is 32.2. The van der Waals surface area contributed by atoms with E-state index in [2.05, 4.69) is 104 Å². The van der Waals surface area contributed by atoms with Crippen LogP contribution in [0.25, 0.3) is 16.3 Å². The highest BCUT2D eigenvalue weighted by Crippen LogP contribution is 2.47. The molecule has 2 nitrogen and oxygen atoms in total. The van der Waals surface area contributed by atoms with Gasteiger partial charge in [-0.1, -0.05) is 67.3 Å². The largest absolute Gasteiger partial charge is 0.335 e. The molecule has 0 radical (unpaired) electrons. The number of para-hydroxylation sites is 2. The van der Waals surface area contributed by atoms with Crippen molar-refractivity contribution in [2.75, 3.05) is 11.4 Å². The van der Waals surface area contributed by atoms with Crippen LogP contribution < -0.4 is 9.47 Å². The Labute approximate surface area is 200 Å². The van der Waals surface area contributed by atoms with Gasteiger partial charge in [0.05, 0.1) is 10.7 Å². The van der Waals surface area contributed by atoms with Crippen LogP contribution in [0.15, 0.2) is 81.8 Å². The maximum absolute atomic E-state index is 2.45. The molecule has 2 aromatic carbocycles. The van der Waals surface area contributed by atoms with E-state index in [4.69, 9.17) is 0 Å². The van der Waals surface area contributed by atoms with Gasteiger partial charge in [0.1, 0.15) is 11.2 Å². The third kappa shape index (κ3) is 4.06. The van der Waals surface area contributed by atoms with Crippen molar-refractivity contribution in [1.29, 1.82) is 0 Å². The van der Waals surface area contributed by atoms with Crippen molar-refractivity contribution in [3.63, 3.8) is 0 Å². The Balaban J connectivity index is 1.54. The van der Waals surface area contributed by atoms with Crippen LogP contribution in [0.2, 0.25) is 0 Å². The molecule has 1 aliphatic carbocycles. The second-order valence-corrected chi connectivity index (χ2v) is 11.5. The molecule has 3 aromatic rings. The van der Waals surface area contributed by atoms with E-state index in [1.54, 1.807) is 0 Å². The first-order valence-electron chi connectivity index (χ1n) is 11.6. The third-order valence-electron chi connectivity index (χ3n) is 6.26. The average molecular weight is 460 g/mol. The van der Waals surface area contributed by atoms with Crippen LogP contribution >= 0.6 is 23.1 Å². The zero-order valence-electron chi connectivity index (χ0n) is 19.4. The SMILES string of the molecule is CCN1C(=CC2=CC(=Cc3sc4ccccc4[n+]3CC)CC(C)(C)C2)Sc2ccccc21. The van der Waals surface area contributed by atoms with Crippen LogP contribution in [-0.2, 0) is 6.54 Å². The van der Waals surface area contributed by atoms with Crippen LogP contribution in [0.1, 0.15) is 45.5 Å². The predicted molar refractivity (Wildman–Crippen MR) is 140 cm³/mol. The third-order valence-corrected chi connectivity index (χ3v) is 8.48. The molecule has 0 amide bonds. The Bertz CT molecular complexity index is 1260. The van der Waals surface area contributed by atoms with Crippen LogP contribution in [0.4, 0.5) is 5.69 Å². The normalized spacial score (nSPS) is 20.2. The summed E-state index contributed by atoms with van der Waals surface area (Å²) >= 11 is 3.80. The molecule has 2 heterocycles. The van der Waals surface area contributed by atoms with Crippen LogP contribution in [0.5, 0.6) is 0 Å². The molecule has 32 heavy (non-hydrogen) atoms. The number of hydrogen-bond donors (Lipinski definition) is 0. The zero-order valence-corrected chi connectivity index (χ0v) is 21.0. The summed E-state index contributed by atoms with van der Waals surface area (Å²) in [6.45, 7) is 11.3. The lowest BCUT2D eigenvalue weighted by Crippen LogP contribution is -2.33. The molecule has 1 aromatic heterocycles. The number of benzene rings is 2. The number of thiazole rings is 1. The van der Waals surface area contributed by atoms with Gasteiger partial charge in [0, 0.05) is 23.6 Å². The number of allylic oxidation sites excluding steroid dienone is 4. The Morgan fingerprint density at radius 3 is 2.59 bits per heavy atom. The second kappa shape index (κ2) is 8.57. The monoisotopic (exact) mass is 459 g/mol. The fraction of sp³-hybridized carbons (Fsp3) is 0.321. The van der Waals surface area contributed by atoms with E-state index in [9.17, 15) is 0 Å². The first-order chi connectivity index (χ1) is 15.5. The van der Waals surface area contributed by atoms with E-state index < -0.39 is 0 Å². The molecule has 1 aliphatic heterocycles. The van der Waals surface area contributed by atoms with E-state index in [1.165, 1.54) is 42.0 Å². The number of thioether (sulfide) groups is 1. The van der Waals surface area contributed by atoms with Crippen LogP contribution in [0, 0.1) is 5.41 Å². The van der Waals surface area contributed by atoms with Crippen molar-refractivity contribution in [2.45, 2.75) is 52.0 Å². The summed E-state index contributed by atoms with van der Waals surface area (Å²) in [5.41, 5.74) is 5.81. The summed E-state index contributed by atoms with van der Waals surface area (Å²) in [4.78, 5) is 3.81. The van der Waals surface area contributed by atoms with Gasteiger partial charge in [-0.3, -0.25) is 0 Å². The van der Waals surface area contributed by atoms with Crippen molar-refractivity contribution < 1.29 is 4.57 Å². The second-order valence-electron chi connectivity index (χ2n) is 9.41. The van der Waals surface area contributed by atoms with Gasteiger partial charge in [0.25, 0.3) is 5.01 Å². The van der Waals surface area contributed by atoms with E-state index >= 15 is 0 Å². The van der Waals surface area contributed by atoms with Gasteiger partial charge in [0.15, 0.2) is 0 Å². The van der Waals surface area contributed by atoms with Gasteiger partial charge in [0.2, 0.25) is 5.52 Å². The molecule has 0 unspecified atom stereocenters. The molecule has 0 atom stereocenters. The van der Waals surface area contributed by atoms with E-state index in [0.717, 1.165) is 25.9 Å². The molecule has 0 spiro atoms. The quantitative estimate of drug-likeness (QED) is 0.367. The molecule has 0 saturated heterocycles. The Morgan fingerprint density at radius 1 is 1.00 bits per heavy atom. The smallest absolute Gasteiger partial charge is 0.263 e. The lowest BCUT2D eigenvalue weighted by molar-refractivity contribution is -0.665. The highest BCUT2D eigenvalue weighted by Gasteiger charge is 2.29. The molecular weight excluding hydrogens is 428 g/mol. The minimum Gasteiger partial charge on any atom is -0.335 e. The lowest BCUT2D eigenvalue weighted by Gasteiger charge is -2.31. The number of hydrogen-bond acceptors (Lipinski definition) is 3. The minimum atomic E-state index is 0.258. The van der Waals surface area contributed by atoms with Crippen molar-refractivity contribution >= 4 is 45.1 Å². The highest BCUT2D eigenvalue weighted by molar-refractivity contribution is 8.03. The van der Waals surface area contributed by atoms with Gasteiger partial charge < -0.3 is 4.90 Å². The summed E-state index contributed by atoms with van der Waals surface area (Å²) in [5.74, 6) is 0. The molecule has 2 aliphatic rings. The molecule has 0 saturated carbocycles. The number of anilines is 1. The maximum atomic E-state index is 2.45. The Morgan fingerprint density at radius 2 is 1.78 bits per heavy atom. The lowest BCUT2D eigenvalue weighted by atomic mass is 9.75.